The summed E-state index contributed by atoms with van der Waals surface area (Å²) in [5, 5.41) is 0. The van der Waals surface area contributed by atoms with Crippen LogP contribution in [-0.2, 0) is 4.79 Å². The van der Waals surface area contributed by atoms with E-state index in [2.05, 4.69) is 72.5 Å². The first-order valence-electron chi connectivity index (χ1n) is 9.66. The summed E-state index contributed by atoms with van der Waals surface area (Å²) >= 11 is 0. The number of fused-ring (bicyclic) bond motifs is 1. The van der Waals surface area contributed by atoms with Gasteiger partial charge in [0.15, 0.2) is 0 Å². The van der Waals surface area contributed by atoms with Crippen LogP contribution in [0, 0.1) is 5.92 Å². The lowest BCUT2D eigenvalue weighted by atomic mass is 9.73. The molecule has 0 amide bonds. The topological polar surface area (TPSA) is 20.3 Å². The number of likely N-dealkylation sites (tertiary alicyclic amines) is 1. The largest absolute Gasteiger partial charge is 0.299 e. The lowest BCUT2D eigenvalue weighted by Gasteiger charge is -2.50. The van der Waals surface area contributed by atoms with Crippen LogP contribution in [-0.4, -0.2) is 16.7 Å². The van der Waals surface area contributed by atoms with E-state index >= 15 is 0 Å². The van der Waals surface area contributed by atoms with Crippen LogP contribution in [0.25, 0.3) is 0 Å². The number of hydrogen-bond donors (Lipinski definition) is 0. The normalized spacial score (nSPS) is 28.4. The summed E-state index contributed by atoms with van der Waals surface area (Å²) in [5.41, 5.74) is 2.63. The Kier molecular flexibility index (Phi) is 4.72. The summed E-state index contributed by atoms with van der Waals surface area (Å²) in [5.74, 6) is 0.718. The second kappa shape index (κ2) is 7.13. The summed E-state index contributed by atoms with van der Waals surface area (Å²) in [4.78, 5) is 15.6. The molecule has 0 bridgehead atoms. The quantitative estimate of drug-likeness (QED) is 0.757. The van der Waals surface area contributed by atoms with Gasteiger partial charge in [0.05, 0.1) is 0 Å². The number of nitrogens with zero attached hydrogens (tertiary/aromatic N) is 1. The van der Waals surface area contributed by atoms with E-state index in [1.165, 1.54) is 24.0 Å². The Morgan fingerprint density at radius 1 is 0.920 bits per heavy atom. The Morgan fingerprint density at radius 2 is 1.56 bits per heavy atom. The predicted molar refractivity (Wildman–Crippen MR) is 101 cm³/mol. The minimum atomic E-state index is 0.197. The van der Waals surface area contributed by atoms with E-state index in [1.54, 1.807) is 0 Å². The maximum Gasteiger partial charge on any atom is 0.139 e. The van der Waals surface area contributed by atoms with Crippen LogP contribution in [0.4, 0.5) is 0 Å². The molecule has 2 nitrogen and oxygen atoms in total. The molecule has 0 aromatic heterocycles. The van der Waals surface area contributed by atoms with Crippen molar-refractivity contribution in [2.45, 2.75) is 57.2 Å². The van der Waals surface area contributed by atoms with E-state index < -0.39 is 0 Å². The second-order valence-electron chi connectivity index (χ2n) is 7.59. The van der Waals surface area contributed by atoms with Crippen molar-refractivity contribution in [2.24, 2.45) is 5.92 Å². The maximum absolute atomic E-state index is 12.9. The van der Waals surface area contributed by atoms with Gasteiger partial charge in [0.2, 0.25) is 0 Å². The van der Waals surface area contributed by atoms with Crippen molar-refractivity contribution in [1.82, 2.24) is 4.90 Å². The minimum absolute atomic E-state index is 0.197. The molecule has 0 spiro atoms. The van der Waals surface area contributed by atoms with Crippen molar-refractivity contribution in [2.75, 3.05) is 0 Å². The standard InChI is InChI=1S/C23H27NO/c1-17(18-10-4-2-5-11-18)24-21-15-9-8-14-20(21)23(25)16-22(24)19-12-6-3-7-13-19/h2-7,10-13,17,20-22H,8-9,14-16H2,1H3/t17-,20+,21-,22-/m1/s1. The van der Waals surface area contributed by atoms with Gasteiger partial charge in [0.1, 0.15) is 5.78 Å². The average molecular weight is 333 g/mol. The van der Waals surface area contributed by atoms with Crippen molar-refractivity contribution in [3.05, 3.63) is 71.8 Å². The van der Waals surface area contributed by atoms with Gasteiger partial charge < -0.3 is 0 Å². The summed E-state index contributed by atoms with van der Waals surface area (Å²) in [7, 11) is 0. The highest BCUT2D eigenvalue weighted by Crippen LogP contribution is 2.45. The molecule has 2 fully saturated rings. The highest BCUT2D eigenvalue weighted by Gasteiger charge is 2.45. The molecule has 4 rings (SSSR count). The second-order valence-corrected chi connectivity index (χ2v) is 7.59. The zero-order valence-corrected chi connectivity index (χ0v) is 15.0. The maximum atomic E-state index is 12.9. The van der Waals surface area contributed by atoms with E-state index in [4.69, 9.17) is 0 Å². The zero-order chi connectivity index (χ0) is 17.2. The number of piperidine rings is 1. The molecule has 2 aromatic carbocycles. The highest BCUT2D eigenvalue weighted by atomic mass is 16.1. The van der Waals surface area contributed by atoms with Gasteiger partial charge in [-0.1, -0.05) is 73.5 Å². The first-order valence-corrected chi connectivity index (χ1v) is 9.66. The van der Waals surface area contributed by atoms with Crippen LogP contribution in [0.3, 0.4) is 0 Å². The number of Topliss-reactive ketones (excluding diaryl/α,β-unsaturated/α-hetero) is 1. The van der Waals surface area contributed by atoms with E-state index in [1.807, 2.05) is 0 Å². The number of rotatable bonds is 3. The summed E-state index contributed by atoms with van der Waals surface area (Å²) in [6, 6.07) is 22.3. The van der Waals surface area contributed by atoms with Gasteiger partial charge in [0, 0.05) is 30.5 Å². The van der Waals surface area contributed by atoms with Gasteiger partial charge in [0.25, 0.3) is 0 Å². The molecule has 0 unspecified atom stereocenters. The molecule has 1 saturated carbocycles. The summed E-state index contributed by atoms with van der Waals surface area (Å²) in [6.07, 6.45) is 5.33. The minimum Gasteiger partial charge on any atom is -0.299 e. The molecule has 25 heavy (non-hydrogen) atoms. The predicted octanol–water partition coefficient (Wildman–Crippen LogP) is 5.32. The third kappa shape index (κ3) is 3.16. The van der Waals surface area contributed by atoms with E-state index in [-0.39, 0.29) is 12.0 Å². The molecule has 2 aliphatic rings. The van der Waals surface area contributed by atoms with Crippen LogP contribution >= 0.6 is 0 Å². The van der Waals surface area contributed by atoms with E-state index in [0.717, 1.165) is 12.8 Å². The monoisotopic (exact) mass is 333 g/mol. The molecular formula is C23H27NO. The van der Waals surface area contributed by atoms with Gasteiger partial charge in [-0.3, -0.25) is 9.69 Å². The van der Waals surface area contributed by atoms with E-state index in [9.17, 15) is 4.79 Å². The fraction of sp³-hybridized carbons (Fsp3) is 0.435. The van der Waals surface area contributed by atoms with Crippen LogP contribution in [0.2, 0.25) is 0 Å². The van der Waals surface area contributed by atoms with Crippen LogP contribution in [0.15, 0.2) is 60.7 Å². The zero-order valence-electron chi connectivity index (χ0n) is 15.0. The SMILES string of the molecule is C[C@H](c1ccccc1)N1[C@@H](c2ccccc2)CC(=O)[C@H]2CCCC[C@H]21. The van der Waals surface area contributed by atoms with Gasteiger partial charge in [-0.05, 0) is 30.9 Å². The lowest BCUT2D eigenvalue weighted by Crippen LogP contribution is -2.53. The third-order valence-corrected chi connectivity index (χ3v) is 6.19. The molecule has 0 radical (unpaired) electrons. The molecule has 1 aliphatic heterocycles. The van der Waals surface area contributed by atoms with Crippen LogP contribution < -0.4 is 0 Å². The van der Waals surface area contributed by atoms with Crippen LogP contribution in [0.1, 0.15) is 62.2 Å². The Balaban J connectivity index is 1.74. The molecule has 0 N–H and O–H groups in total. The third-order valence-electron chi connectivity index (χ3n) is 6.19. The fourth-order valence-corrected chi connectivity index (χ4v) is 4.95. The van der Waals surface area contributed by atoms with Crippen molar-refractivity contribution in [1.29, 1.82) is 0 Å². The number of benzene rings is 2. The summed E-state index contributed by atoms with van der Waals surface area (Å²) < 4.78 is 0. The molecule has 1 saturated heterocycles. The molecule has 1 aliphatic carbocycles. The molecule has 2 heteroatoms. The van der Waals surface area contributed by atoms with Gasteiger partial charge in [-0.25, -0.2) is 0 Å². The van der Waals surface area contributed by atoms with Crippen molar-refractivity contribution >= 4 is 5.78 Å². The number of hydrogen-bond acceptors (Lipinski definition) is 2. The Labute approximate surface area is 150 Å². The summed E-state index contributed by atoms with van der Waals surface area (Å²) in [6.45, 7) is 2.31. The van der Waals surface area contributed by atoms with Gasteiger partial charge >= 0.3 is 0 Å². The smallest absolute Gasteiger partial charge is 0.139 e. The first kappa shape index (κ1) is 16.5. The molecule has 2 aromatic rings. The molecule has 4 atom stereocenters. The Hall–Kier alpha value is -1.93. The molecular weight excluding hydrogens is 306 g/mol. The van der Waals surface area contributed by atoms with Crippen molar-refractivity contribution in [3.63, 3.8) is 0 Å². The van der Waals surface area contributed by atoms with Gasteiger partial charge in [-0.15, -0.1) is 0 Å². The number of ketones is 1. The Morgan fingerprint density at radius 3 is 2.28 bits per heavy atom. The first-order chi connectivity index (χ1) is 12.3. The van der Waals surface area contributed by atoms with Crippen LogP contribution in [0.5, 0.6) is 0 Å². The lowest BCUT2D eigenvalue weighted by molar-refractivity contribution is -0.136. The average Bonchev–Trinajstić information content (AvgIpc) is 2.69. The number of carbonyl (C=O) groups is 1. The van der Waals surface area contributed by atoms with Crippen molar-refractivity contribution in [3.8, 4) is 0 Å². The Bertz CT molecular complexity index is 711. The highest BCUT2D eigenvalue weighted by molar-refractivity contribution is 5.83. The number of carbonyl (C=O) groups excluding carboxylic acids is 1. The molecule has 1 heterocycles. The van der Waals surface area contributed by atoms with E-state index in [0.29, 0.717) is 24.3 Å². The van der Waals surface area contributed by atoms with Gasteiger partial charge in [-0.2, -0.15) is 0 Å². The fourth-order valence-electron chi connectivity index (χ4n) is 4.95. The molecule has 130 valence electrons. The van der Waals surface area contributed by atoms with Crippen molar-refractivity contribution < 1.29 is 4.79 Å².